The number of methoxy groups -OCH3 is 1. The van der Waals surface area contributed by atoms with E-state index >= 15 is 0 Å². The van der Waals surface area contributed by atoms with Crippen molar-refractivity contribution in [2.24, 2.45) is 5.92 Å². The molecule has 23 heavy (non-hydrogen) atoms. The van der Waals surface area contributed by atoms with E-state index in [-0.39, 0.29) is 5.92 Å². The Morgan fingerprint density at radius 3 is 2.87 bits per heavy atom. The van der Waals surface area contributed by atoms with Crippen LogP contribution < -0.4 is 14.2 Å². The lowest BCUT2D eigenvalue weighted by Crippen LogP contribution is -2.48. The highest BCUT2D eigenvalue weighted by Crippen LogP contribution is 2.35. The van der Waals surface area contributed by atoms with Crippen LogP contribution in [0.25, 0.3) is 0 Å². The van der Waals surface area contributed by atoms with Crippen LogP contribution in [0.3, 0.4) is 0 Å². The molecule has 1 aromatic rings. The van der Waals surface area contributed by atoms with Gasteiger partial charge in [-0.1, -0.05) is 12.1 Å². The van der Waals surface area contributed by atoms with Gasteiger partial charge in [-0.3, -0.25) is 0 Å². The SMILES string of the molecule is COc1cccc2c1OC[C@@H](CNS(=O)(=O)N1CCOCC1)C2. The first kappa shape index (κ1) is 16.5. The van der Waals surface area contributed by atoms with Crippen LogP contribution >= 0.6 is 0 Å². The minimum atomic E-state index is -3.45. The molecule has 0 spiro atoms. The van der Waals surface area contributed by atoms with E-state index in [1.54, 1.807) is 7.11 Å². The zero-order valence-electron chi connectivity index (χ0n) is 13.2. The van der Waals surface area contributed by atoms with Crippen LogP contribution in [0, 0.1) is 5.92 Å². The number of nitrogens with one attached hydrogen (secondary N) is 1. The molecule has 8 heteroatoms. The summed E-state index contributed by atoms with van der Waals surface area (Å²) in [5, 5.41) is 0. The molecule has 3 rings (SSSR count). The second-order valence-corrected chi connectivity index (χ2v) is 7.45. The zero-order valence-corrected chi connectivity index (χ0v) is 14.0. The molecule has 0 aromatic heterocycles. The van der Waals surface area contributed by atoms with E-state index in [1.807, 2.05) is 18.2 Å². The quantitative estimate of drug-likeness (QED) is 0.839. The molecule has 7 nitrogen and oxygen atoms in total. The Hall–Kier alpha value is -1.35. The lowest BCUT2D eigenvalue weighted by atomic mass is 9.96. The van der Waals surface area contributed by atoms with E-state index in [0.717, 1.165) is 23.5 Å². The molecule has 0 bridgehead atoms. The Morgan fingerprint density at radius 1 is 1.35 bits per heavy atom. The van der Waals surface area contributed by atoms with Crippen molar-refractivity contribution < 1.29 is 22.6 Å². The van der Waals surface area contributed by atoms with Gasteiger partial charge in [-0.05, 0) is 18.1 Å². The first-order valence-electron chi connectivity index (χ1n) is 7.71. The minimum absolute atomic E-state index is 0.102. The summed E-state index contributed by atoms with van der Waals surface area (Å²) in [5.74, 6) is 1.59. The van der Waals surface area contributed by atoms with Crippen molar-refractivity contribution in [3.05, 3.63) is 23.8 Å². The van der Waals surface area contributed by atoms with Crippen LogP contribution in [0.5, 0.6) is 11.5 Å². The van der Waals surface area contributed by atoms with Gasteiger partial charge in [0.1, 0.15) is 0 Å². The first-order valence-corrected chi connectivity index (χ1v) is 9.15. The van der Waals surface area contributed by atoms with Gasteiger partial charge in [0.2, 0.25) is 0 Å². The Labute approximate surface area is 136 Å². The predicted molar refractivity (Wildman–Crippen MR) is 85.0 cm³/mol. The topological polar surface area (TPSA) is 77.1 Å². The molecule has 0 amide bonds. The van der Waals surface area contributed by atoms with Crippen LogP contribution in [0.1, 0.15) is 5.56 Å². The van der Waals surface area contributed by atoms with Gasteiger partial charge in [0, 0.05) is 25.6 Å². The minimum Gasteiger partial charge on any atom is -0.493 e. The average molecular weight is 342 g/mol. The van der Waals surface area contributed by atoms with Crippen molar-refractivity contribution in [1.82, 2.24) is 9.03 Å². The van der Waals surface area contributed by atoms with Crippen LogP contribution in [0.2, 0.25) is 0 Å². The fourth-order valence-electron chi connectivity index (χ4n) is 2.85. The molecule has 1 atom stereocenters. The Morgan fingerprint density at radius 2 is 2.13 bits per heavy atom. The van der Waals surface area contributed by atoms with Gasteiger partial charge >= 0.3 is 0 Å². The summed E-state index contributed by atoms with van der Waals surface area (Å²) in [6.07, 6.45) is 0.762. The number of morpholine rings is 1. The van der Waals surface area contributed by atoms with Crippen LogP contribution in [0.15, 0.2) is 18.2 Å². The summed E-state index contributed by atoms with van der Waals surface area (Å²) in [4.78, 5) is 0. The molecule has 1 aromatic carbocycles. The Kier molecular flexibility index (Phi) is 5.05. The summed E-state index contributed by atoms with van der Waals surface area (Å²) >= 11 is 0. The number of nitrogens with zero attached hydrogens (tertiary/aromatic N) is 1. The number of para-hydroxylation sites is 1. The second kappa shape index (κ2) is 7.04. The van der Waals surface area contributed by atoms with Gasteiger partial charge < -0.3 is 14.2 Å². The fraction of sp³-hybridized carbons (Fsp3) is 0.600. The lowest BCUT2D eigenvalue weighted by molar-refractivity contribution is 0.0723. The Bertz CT molecular complexity index is 643. The molecule has 1 saturated heterocycles. The van der Waals surface area contributed by atoms with E-state index in [2.05, 4.69) is 4.72 Å². The van der Waals surface area contributed by atoms with Gasteiger partial charge in [-0.15, -0.1) is 0 Å². The van der Waals surface area contributed by atoms with E-state index in [9.17, 15) is 8.42 Å². The normalized spacial score (nSPS) is 22.2. The van der Waals surface area contributed by atoms with Crippen molar-refractivity contribution in [1.29, 1.82) is 0 Å². The van der Waals surface area contributed by atoms with Gasteiger partial charge in [-0.2, -0.15) is 12.7 Å². The molecule has 1 fully saturated rings. The maximum Gasteiger partial charge on any atom is 0.279 e. The van der Waals surface area contributed by atoms with E-state index in [4.69, 9.17) is 14.2 Å². The summed E-state index contributed by atoms with van der Waals surface area (Å²) in [5.41, 5.74) is 1.05. The third kappa shape index (κ3) is 3.77. The highest BCUT2D eigenvalue weighted by atomic mass is 32.2. The molecule has 2 aliphatic heterocycles. The van der Waals surface area contributed by atoms with Crippen molar-refractivity contribution in [2.45, 2.75) is 6.42 Å². The lowest BCUT2D eigenvalue weighted by Gasteiger charge is -2.29. The summed E-state index contributed by atoms with van der Waals surface area (Å²) in [6, 6.07) is 5.77. The fourth-order valence-corrected chi connectivity index (χ4v) is 4.11. The second-order valence-electron chi connectivity index (χ2n) is 5.69. The molecule has 0 saturated carbocycles. The first-order chi connectivity index (χ1) is 11.1. The smallest absolute Gasteiger partial charge is 0.279 e. The molecule has 2 heterocycles. The average Bonchev–Trinajstić information content (AvgIpc) is 2.60. The van der Waals surface area contributed by atoms with Gasteiger partial charge in [0.05, 0.1) is 26.9 Å². The summed E-state index contributed by atoms with van der Waals surface area (Å²) < 4.78 is 44.9. The number of hydrogen-bond donors (Lipinski definition) is 1. The maximum absolute atomic E-state index is 12.3. The van der Waals surface area contributed by atoms with Gasteiger partial charge in [0.25, 0.3) is 10.2 Å². The van der Waals surface area contributed by atoms with Crippen molar-refractivity contribution in [3.8, 4) is 11.5 Å². The third-order valence-corrected chi connectivity index (χ3v) is 5.69. The number of fused-ring (bicyclic) bond motifs is 1. The van der Waals surface area contributed by atoms with E-state index in [0.29, 0.717) is 39.5 Å². The Balaban J connectivity index is 1.59. The van der Waals surface area contributed by atoms with Crippen molar-refractivity contribution in [3.63, 3.8) is 0 Å². The van der Waals surface area contributed by atoms with Gasteiger partial charge in [0.15, 0.2) is 11.5 Å². The number of benzene rings is 1. The van der Waals surface area contributed by atoms with Crippen molar-refractivity contribution >= 4 is 10.2 Å². The van der Waals surface area contributed by atoms with Crippen LogP contribution in [-0.4, -0.2) is 59.3 Å². The monoisotopic (exact) mass is 342 g/mol. The molecule has 0 aliphatic carbocycles. The number of ether oxygens (including phenoxy) is 3. The number of hydrogen-bond acceptors (Lipinski definition) is 5. The molecule has 0 unspecified atom stereocenters. The molecule has 0 radical (unpaired) electrons. The zero-order chi connectivity index (χ0) is 16.3. The predicted octanol–water partition coefficient (Wildman–Crippen LogP) is 0.413. The van der Waals surface area contributed by atoms with Crippen LogP contribution in [0.4, 0.5) is 0 Å². The van der Waals surface area contributed by atoms with Crippen molar-refractivity contribution in [2.75, 3.05) is 46.6 Å². The standard InChI is InChI=1S/C15H22N2O5S/c1-20-14-4-2-3-13-9-12(11-22-15(13)14)10-16-23(18,19)17-5-7-21-8-6-17/h2-4,12,16H,5-11H2,1H3/t12-/m1/s1. The van der Waals surface area contributed by atoms with Crippen LogP contribution in [-0.2, 0) is 21.4 Å². The largest absolute Gasteiger partial charge is 0.493 e. The molecular formula is C15H22N2O5S. The summed E-state index contributed by atoms with van der Waals surface area (Å²) in [6.45, 7) is 2.52. The highest BCUT2D eigenvalue weighted by molar-refractivity contribution is 7.87. The summed E-state index contributed by atoms with van der Waals surface area (Å²) in [7, 11) is -1.84. The third-order valence-electron chi connectivity index (χ3n) is 4.12. The van der Waals surface area contributed by atoms with E-state index in [1.165, 1.54) is 4.31 Å². The molecule has 1 N–H and O–H groups in total. The van der Waals surface area contributed by atoms with Gasteiger partial charge in [-0.25, -0.2) is 4.72 Å². The molecule has 128 valence electrons. The molecule has 2 aliphatic rings. The van der Waals surface area contributed by atoms with E-state index < -0.39 is 10.2 Å². The highest BCUT2D eigenvalue weighted by Gasteiger charge is 2.27. The number of rotatable bonds is 5. The maximum atomic E-state index is 12.3. The molecular weight excluding hydrogens is 320 g/mol.